The minimum absolute atomic E-state index is 0.0784. The van der Waals surface area contributed by atoms with Gasteiger partial charge in [-0.15, -0.1) is 0 Å². The predicted molar refractivity (Wildman–Crippen MR) is 115 cm³/mol. The van der Waals surface area contributed by atoms with E-state index in [-0.39, 0.29) is 5.02 Å². The molecule has 0 unspecified atom stereocenters. The van der Waals surface area contributed by atoms with E-state index in [4.69, 9.17) is 32.7 Å². The summed E-state index contributed by atoms with van der Waals surface area (Å²) in [7, 11) is 1.59. The van der Waals surface area contributed by atoms with Gasteiger partial charge in [0.2, 0.25) is 0 Å². The van der Waals surface area contributed by atoms with Crippen LogP contribution in [0.4, 0.5) is 10.1 Å². The van der Waals surface area contributed by atoms with Gasteiger partial charge in [0.05, 0.1) is 16.6 Å². The van der Waals surface area contributed by atoms with Gasteiger partial charge in [0.15, 0.2) is 11.5 Å². The van der Waals surface area contributed by atoms with Crippen molar-refractivity contribution in [2.75, 3.05) is 12.4 Å². The predicted octanol–water partition coefficient (Wildman–Crippen LogP) is 7.09. The Balaban J connectivity index is 1.71. The third-order valence-corrected chi connectivity index (χ3v) is 5.13. The Labute approximate surface area is 181 Å². The van der Waals surface area contributed by atoms with Crippen LogP contribution in [0, 0.1) is 5.82 Å². The number of nitrogens with one attached hydrogen (secondary N) is 1. The fraction of sp³-hybridized carbons (Fsp3) is 0.143. The summed E-state index contributed by atoms with van der Waals surface area (Å²) in [4.78, 5) is 0. The summed E-state index contributed by atoms with van der Waals surface area (Å²) in [6.07, 6.45) is 0. The molecule has 146 valence electrons. The van der Waals surface area contributed by atoms with Gasteiger partial charge in [-0.25, -0.2) is 4.39 Å². The number of methoxy groups -OCH3 is 1. The van der Waals surface area contributed by atoms with Gasteiger partial charge in [0.25, 0.3) is 0 Å². The molecule has 0 amide bonds. The highest BCUT2D eigenvalue weighted by atomic mass is 79.9. The van der Waals surface area contributed by atoms with E-state index in [1.165, 1.54) is 6.07 Å². The molecule has 0 aromatic heterocycles. The maximum atomic E-state index is 13.3. The summed E-state index contributed by atoms with van der Waals surface area (Å²) >= 11 is 15.3. The number of anilines is 1. The first-order chi connectivity index (χ1) is 13.5. The lowest BCUT2D eigenvalue weighted by Gasteiger charge is -2.15. The molecule has 0 radical (unpaired) electrons. The first-order valence-electron chi connectivity index (χ1n) is 8.39. The van der Waals surface area contributed by atoms with Crippen LogP contribution >= 0.6 is 39.1 Å². The van der Waals surface area contributed by atoms with Crippen LogP contribution in [-0.2, 0) is 13.2 Å². The highest BCUT2D eigenvalue weighted by Gasteiger charge is 2.12. The smallest absolute Gasteiger partial charge is 0.175 e. The Morgan fingerprint density at radius 1 is 1.00 bits per heavy atom. The molecule has 0 aliphatic carbocycles. The van der Waals surface area contributed by atoms with Crippen LogP contribution in [0.5, 0.6) is 11.5 Å². The number of rotatable bonds is 7. The van der Waals surface area contributed by atoms with E-state index in [0.717, 1.165) is 21.3 Å². The largest absolute Gasteiger partial charge is 0.493 e. The zero-order valence-corrected chi connectivity index (χ0v) is 18.0. The van der Waals surface area contributed by atoms with Gasteiger partial charge in [-0.05, 0) is 69.5 Å². The van der Waals surface area contributed by atoms with Gasteiger partial charge in [0, 0.05) is 17.3 Å². The van der Waals surface area contributed by atoms with Crippen LogP contribution < -0.4 is 14.8 Å². The summed E-state index contributed by atoms with van der Waals surface area (Å²) in [5.74, 6) is 0.780. The Bertz CT molecular complexity index is 967. The molecule has 28 heavy (non-hydrogen) atoms. The third-order valence-electron chi connectivity index (χ3n) is 4.00. The number of ether oxygens (including phenoxy) is 2. The van der Waals surface area contributed by atoms with Crippen molar-refractivity contribution in [3.63, 3.8) is 0 Å². The molecule has 0 atom stereocenters. The molecule has 0 saturated heterocycles. The van der Waals surface area contributed by atoms with E-state index in [1.54, 1.807) is 19.2 Å². The third kappa shape index (κ3) is 5.31. The zero-order chi connectivity index (χ0) is 20.1. The van der Waals surface area contributed by atoms with Crippen LogP contribution in [0.15, 0.2) is 59.1 Å². The Hall–Kier alpha value is -1.95. The van der Waals surface area contributed by atoms with E-state index >= 15 is 0 Å². The fourth-order valence-corrected chi connectivity index (χ4v) is 3.47. The Morgan fingerprint density at radius 2 is 1.75 bits per heavy atom. The molecule has 0 bridgehead atoms. The minimum atomic E-state index is -0.446. The van der Waals surface area contributed by atoms with Gasteiger partial charge >= 0.3 is 0 Å². The average Bonchev–Trinajstić information content (AvgIpc) is 2.69. The van der Waals surface area contributed by atoms with Crippen molar-refractivity contribution in [1.29, 1.82) is 0 Å². The second kappa shape index (κ2) is 9.50. The molecular weight excluding hydrogens is 468 g/mol. The van der Waals surface area contributed by atoms with Gasteiger partial charge in [-0.1, -0.05) is 35.3 Å². The van der Waals surface area contributed by atoms with Crippen molar-refractivity contribution in [3.05, 3.63) is 86.1 Å². The van der Waals surface area contributed by atoms with Gasteiger partial charge < -0.3 is 14.8 Å². The Morgan fingerprint density at radius 3 is 2.43 bits per heavy atom. The van der Waals surface area contributed by atoms with E-state index in [9.17, 15) is 4.39 Å². The van der Waals surface area contributed by atoms with Crippen LogP contribution in [0.3, 0.4) is 0 Å². The first kappa shape index (κ1) is 20.8. The molecule has 0 heterocycles. The van der Waals surface area contributed by atoms with Crippen LogP contribution in [0.25, 0.3) is 0 Å². The van der Waals surface area contributed by atoms with Crippen molar-refractivity contribution in [1.82, 2.24) is 0 Å². The summed E-state index contributed by atoms with van der Waals surface area (Å²) in [6, 6.07) is 15.8. The molecule has 3 nitrogen and oxygen atoms in total. The maximum absolute atomic E-state index is 13.3. The monoisotopic (exact) mass is 483 g/mol. The van der Waals surface area contributed by atoms with E-state index in [0.29, 0.717) is 29.7 Å². The van der Waals surface area contributed by atoms with Crippen molar-refractivity contribution in [2.45, 2.75) is 13.2 Å². The van der Waals surface area contributed by atoms with Gasteiger partial charge in [-0.2, -0.15) is 0 Å². The van der Waals surface area contributed by atoms with Crippen molar-refractivity contribution in [2.24, 2.45) is 0 Å². The summed E-state index contributed by atoms with van der Waals surface area (Å²) in [6.45, 7) is 0.895. The standard InChI is InChI=1S/C21H17BrCl2FNO2/c1-27-20-9-14(11-26-16-6-7-19(25)18(24)10-16)8-17(22)21(20)28-12-13-2-4-15(23)5-3-13/h2-10,26H,11-12H2,1H3. The average molecular weight is 485 g/mol. The van der Waals surface area contributed by atoms with Crippen molar-refractivity contribution >= 4 is 44.8 Å². The van der Waals surface area contributed by atoms with Crippen molar-refractivity contribution < 1.29 is 13.9 Å². The van der Waals surface area contributed by atoms with E-state index in [1.807, 2.05) is 36.4 Å². The number of hydrogen-bond donors (Lipinski definition) is 1. The quantitative estimate of drug-likeness (QED) is 0.388. The molecular formula is C21H17BrCl2FNO2. The lowest BCUT2D eigenvalue weighted by atomic mass is 10.2. The molecule has 3 aromatic rings. The van der Waals surface area contributed by atoms with Gasteiger partial charge in [0.1, 0.15) is 12.4 Å². The number of hydrogen-bond acceptors (Lipinski definition) is 3. The van der Waals surface area contributed by atoms with Crippen LogP contribution in [-0.4, -0.2) is 7.11 Å². The van der Waals surface area contributed by atoms with Crippen LogP contribution in [0.2, 0.25) is 10.0 Å². The molecule has 0 spiro atoms. The topological polar surface area (TPSA) is 30.5 Å². The fourth-order valence-electron chi connectivity index (χ4n) is 2.56. The SMILES string of the molecule is COc1cc(CNc2ccc(F)c(Cl)c2)cc(Br)c1OCc1ccc(Cl)cc1. The lowest BCUT2D eigenvalue weighted by molar-refractivity contribution is 0.282. The number of halogens is 4. The number of benzene rings is 3. The molecule has 0 saturated carbocycles. The molecule has 0 aliphatic heterocycles. The maximum Gasteiger partial charge on any atom is 0.175 e. The minimum Gasteiger partial charge on any atom is -0.493 e. The van der Waals surface area contributed by atoms with Crippen molar-refractivity contribution in [3.8, 4) is 11.5 Å². The molecule has 7 heteroatoms. The molecule has 1 N–H and O–H groups in total. The first-order valence-corrected chi connectivity index (χ1v) is 9.93. The highest BCUT2D eigenvalue weighted by molar-refractivity contribution is 9.10. The molecule has 0 fully saturated rings. The summed E-state index contributed by atoms with van der Waals surface area (Å²) < 4.78 is 25.5. The molecule has 0 aliphatic rings. The summed E-state index contributed by atoms with van der Waals surface area (Å²) in [5.41, 5.74) is 2.69. The zero-order valence-electron chi connectivity index (χ0n) is 14.9. The summed E-state index contributed by atoms with van der Waals surface area (Å²) in [5, 5.41) is 3.97. The second-order valence-electron chi connectivity index (χ2n) is 6.01. The molecule has 3 rings (SSSR count). The highest BCUT2D eigenvalue weighted by Crippen LogP contribution is 2.37. The second-order valence-corrected chi connectivity index (χ2v) is 7.70. The van der Waals surface area contributed by atoms with E-state index in [2.05, 4.69) is 21.2 Å². The Kier molecular flexibility index (Phi) is 7.05. The van der Waals surface area contributed by atoms with Crippen LogP contribution in [0.1, 0.15) is 11.1 Å². The molecule has 3 aromatic carbocycles. The normalized spacial score (nSPS) is 10.6. The lowest BCUT2D eigenvalue weighted by Crippen LogP contribution is -2.03. The van der Waals surface area contributed by atoms with Gasteiger partial charge in [-0.3, -0.25) is 0 Å². The van der Waals surface area contributed by atoms with E-state index < -0.39 is 5.82 Å².